The number of benzene rings is 1. The Bertz CT molecular complexity index is 586. The summed E-state index contributed by atoms with van der Waals surface area (Å²) in [5.74, 6) is 0.669. The van der Waals surface area contributed by atoms with Gasteiger partial charge in [-0.1, -0.05) is 11.6 Å². The van der Waals surface area contributed by atoms with Crippen molar-refractivity contribution in [3.63, 3.8) is 0 Å². The fourth-order valence-electron chi connectivity index (χ4n) is 1.56. The summed E-state index contributed by atoms with van der Waals surface area (Å²) in [6.45, 7) is 0.550. The van der Waals surface area contributed by atoms with Crippen LogP contribution in [-0.2, 0) is 13.5 Å². The molecule has 2 rings (SSSR count). The highest BCUT2D eigenvalue weighted by molar-refractivity contribution is 6.31. The van der Waals surface area contributed by atoms with E-state index in [1.165, 1.54) is 0 Å². The number of halogens is 1. The normalized spacial score (nSPS) is 10.1. The number of nitrogens with zero attached hydrogens (tertiary/aromatic N) is 3. The maximum atomic E-state index is 8.75. The molecule has 92 valence electrons. The second-order valence-corrected chi connectivity index (χ2v) is 4.28. The maximum absolute atomic E-state index is 8.75. The zero-order valence-corrected chi connectivity index (χ0v) is 10.7. The largest absolute Gasteiger partial charge is 0.493 e. The molecule has 4 nitrogen and oxygen atoms in total. The van der Waals surface area contributed by atoms with Crippen molar-refractivity contribution in [1.29, 1.82) is 5.26 Å². The molecule has 0 saturated heterocycles. The van der Waals surface area contributed by atoms with Gasteiger partial charge in [0.05, 0.1) is 23.4 Å². The van der Waals surface area contributed by atoms with Crippen molar-refractivity contribution in [2.24, 2.45) is 7.05 Å². The standard InChI is InChI=1S/C13H12ClN3O/c1-17-9-10(8-16-17)4-5-18-12-3-2-11(7-15)13(14)6-12/h2-3,6,8-9H,4-5H2,1H3. The van der Waals surface area contributed by atoms with E-state index in [0.29, 0.717) is 22.9 Å². The van der Waals surface area contributed by atoms with Gasteiger partial charge in [0, 0.05) is 25.7 Å². The average molecular weight is 262 g/mol. The van der Waals surface area contributed by atoms with E-state index in [4.69, 9.17) is 21.6 Å². The molecule has 0 bridgehead atoms. The van der Waals surface area contributed by atoms with Gasteiger partial charge in [-0.15, -0.1) is 0 Å². The van der Waals surface area contributed by atoms with Crippen molar-refractivity contribution >= 4 is 11.6 Å². The Balaban J connectivity index is 1.91. The SMILES string of the molecule is Cn1cc(CCOc2ccc(C#N)c(Cl)c2)cn1. The summed E-state index contributed by atoms with van der Waals surface area (Å²) in [5.41, 5.74) is 1.58. The van der Waals surface area contributed by atoms with Gasteiger partial charge in [-0.3, -0.25) is 4.68 Å². The van der Waals surface area contributed by atoms with E-state index >= 15 is 0 Å². The highest BCUT2D eigenvalue weighted by Crippen LogP contribution is 2.21. The summed E-state index contributed by atoms with van der Waals surface area (Å²) in [5, 5.41) is 13.2. The molecule has 0 saturated carbocycles. The van der Waals surface area contributed by atoms with E-state index in [0.717, 1.165) is 12.0 Å². The monoisotopic (exact) mass is 261 g/mol. The Morgan fingerprint density at radius 2 is 2.33 bits per heavy atom. The van der Waals surface area contributed by atoms with E-state index in [1.807, 2.05) is 25.5 Å². The molecule has 0 aliphatic rings. The second kappa shape index (κ2) is 5.56. The topological polar surface area (TPSA) is 50.8 Å². The first-order valence-corrected chi connectivity index (χ1v) is 5.87. The molecule has 0 fully saturated rings. The molecule has 5 heteroatoms. The molecule has 0 amide bonds. The van der Waals surface area contributed by atoms with Crippen molar-refractivity contribution in [2.45, 2.75) is 6.42 Å². The number of aromatic nitrogens is 2. The summed E-state index contributed by atoms with van der Waals surface area (Å²) in [7, 11) is 1.88. The Labute approximate surface area is 110 Å². The summed E-state index contributed by atoms with van der Waals surface area (Å²) < 4.78 is 7.33. The molecule has 0 aliphatic carbocycles. The van der Waals surface area contributed by atoms with Crippen molar-refractivity contribution < 1.29 is 4.74 Å². The Morgan fingerprint density at radius 3 is 2.94 bits per heavy atom. The number of nitriles is 1. The van der Waals surface area contributed by atoms with E-state index in [1.54, 1.807) is 22.9 Å². The molecular formula is C13H12ClN3O. The summed E-state index contributed by atoms with van der Waals surface area (Å²) in [6, 6.07) is 7.06. The first-order chi connectivity index (χ1) is 8.69. The highest BCUT2D eigenvalue weighted by Gasteiger charge is 2.02. The molecule has 0 unspecified atom stereocenters. The van der Waals surface area contributed by atoms with Crippen LogP contribution in [-0.4, -0.2) is 16.4 Å². The number of ether oxygens (including phenoxy) is 1. The van der Waals surface area contributed by atoms with Crippen LogP contribution in [0.15, 0.2) is 30.6 Å². The van der Waals surface area contributed by atoms with Crippen molar-refractivity contribution in [2.75, 3.05) is 6.61 Å². The van der Waals surface area contributed by atoms with Gasteiger partial charge in [0.1, 0.15) is 11.8 Å². The lowest BCUT2D eigenvalue weighted by Gasteiger charge is -2.05. The van der Waals surface area contributed by atoms with E-state index in [9.17, 15) is 0 Å². The quantitative estimate of drug-likeness (QED) is 0.850. The van der Waals surface area contributed by atoms with E-state index in [2.05, 4.69) is 5.10 Å². The van der Waals surface area contributed by atoms with Crippen LogP contribution in [0.4, 0.5) is 0 Å². The van der Waals surface area contributed by atoms with Gasteiger partial charge >= 0.3 is 0 Å². The van der Waals surface area contributed by atoms with E-state index < -0.39 is 0 Å². The van der Waals surface area contributed by atoms with Gasteiger partial charge < -0.3 is 4.74 Å². The lowest BCUT2D eigenvalue weighted by atomic mass is 10.2. The number of hydrogen-bond donors (Lipinski definition) is 0. The van der Waals surface area contributed by atoms with Crippen LogP contribution in [0.2, 0.25) is 5.02 Å². The summed E-state index contributed by atoms with van der Waals surface area (Å²) >= 11 is 5.91. The van der Waals surface area contributed by atoms with Crippen LogP contribution in [0.25, 0.3) is 0 Å². The molecule has 2 aromatic rings. The maximum Gasteiger partial charge on any atom is 0.120 e. The van der Waals surface area contributed by atoms with Gasteiger partial charge in [0.25, 0.3) is 0 Å². The van der Waals surface area contributed by atoms with Gasteiger partial charge in [-0.05, 0) is 17.7 Å². The minimum absolute atomic E-state index is 0.413. The number of rotatable bonds is 4. The van der Waals surface area contributed by atoms with Gasteiger partial charge in [-0.25, -0.2) is 0 Å². The third kappa shape index (κ3) is 3.02. The van der Waals surface area contributed by atoms with Gasteiger partial charge in [0.15, 0.2) is 0 Å². The minimum atomic E-state index is 0.413. The highest BCUT2D eigenvalue weighted by atomic mass is 35.5. The van der Waals surface area contributed by atoms with Crippen LogP contribution >= 0.6 is 11.6 Å². The Kier molecular flexibility index (Phi) is 3.85. The Hall–Kier alpha value is -1.99. The molecule has 1 aromatic carbocycles. The third-order valence-corrected chi connectivity index (χ3v) is 2.79. The smallest absolute Gasteiger partial charge is 0.120 e. The molecule has 0 atom stereocenters. The zero-order valence-electron chi connectivity index (χ0n) is 9.93. The van der Waals surface area contributed by atoms with Crippen molar-refractivity contribution in [3.05, 3.63) is 46.7 Å². The fraction of sp³-hybridized carbons (Fsp3) is 0.231. The fourth-order valence-corrected chi connectivity index (χ4v) is 1.78. The lowest BCUT2D eigenvalue weighted by Crippen LogP contribution is -2.00. The van der Waals surface area contributed by atoms with Crippen LogP contribution in [0.5, 0.6) is 5.75 Å². The van der Waals surface area contributed by atoms with Gasteiger partial charge in [-0.2, -0.15) is 10.4 Å². The third-order valence-electron chi connectivity index (χ3n) is 2.48. The summed E-state index contributed by atoms with van der Waals surface area (Å²) in [6.07, 6.45) is 4.55. The number of hydrogen-bond acceptors (Lipinski definition) is 3. The average Bonchev–Trinajstić information content (AvgIpc) is 2.75. The second-order valence-electron chi connectivity index (χ2n) is 3.87. The number of aryl methyl sites for hydroxylation is 1. The molecule has 0 radical (unpaired) electrons. The van der Waals surface area contributed by atoms with Crippen LogP contribution in [0, 0.1) is 11.3 Å². The zero-order chi connectivity index (χ0) is 13.0. The molecule has 0 spiro atoms. The molecule has 18 heavy (non-hydrogen) atoms. The molecule has 1 heterocycles. The molecule has 1 aromatic heterocycles. The predicted molar refractivity (Wildman–Crippen MR) is 68.6 cm³/mol. The summed E-state index contributed by atoms with van der Waals surface area (Å²) in [4.78, 5) is 0. The first-order valence-electron chi connectivity index (χ1n) is 5.49. The van der Waals surface area contributed by atoms with Crippen LogP contribution in [0.3, 0.4) is 0 Å². The molecular weight excluding hydrogens is 250 g/mol. The molecule has 0 N–H and O–H groups in total. The van der Waals surface area contributed by atoms with Crippen molar-refractivity contribution in [3.8, 4) is 11.8 Å². The minimum Gasteiger partial charge on any atom is -0.493 e. The lowest BCUT2D eigenvalue weighted by molar-refractivity contribution is 0.322. The van der Waals surface area contributed by atoms with Crippen LogP contribution in [0.1, 0.15) is 11.1 Å². The predicted octanol–water partition coefficient (Wildman–Crippen LogP) is 2.57. The van der Waals surface area contributed by atoms with Crippen LogP contribution < -0.4 is 4.74 Å². The van der Waals surface area contributed by atoms with Crippen molar-refractivity contribution in [1.82, 2.24) is 9.78 Å². The Morgan fingerprint density at radius 1 is 1.50 bits per heavy atom. The van der Waals surface area contributed by atoms with E-state index in [-0.39, 0.29) is 0 Å². The molecule has 0 aliphatic heterocycles. The first kappa shape index (κ1) is 12.5. The van der Waals surface area contributed by atoms with Gasteiger partial charge in [0.2, 0.25) is 0 Å².